The van der Waals surface area contributed by atoms with Crippen LogP contribution in [0.15, 0.2) is 0 Å². The summed E-state index contributed by atoms with van der Waals surface area (Å²) in [6.07, 6.45) is -0.0466. The van der Waals surface area contributed by atoms with E-state index in [1.54, 1.807) is 13.8 Å². The van der Waals surface area contributed by atoms with Crippen LogP contribution >= 0.6 is 8.60 Å². The van der Waals surface area contributed by atoms with E-state index in [9.17, 15) is 0 Å². The lowest BCUT2D eigenvalue weighted by molar-refractivity contribution is 0.208. The molecular formula is C3H8BO3P. The molecule has 0 heterocycles. The van der Waals surface area contributed by atoms with Gasteiger partial charge >= 0.3 is 8.60 Å². The van der Waals surface area contributed by atoms with Gasteiger partial charge in [0.1, 0.15) is 0 Å². The predicted octanol–water partition coefficient (Wildman–Crippen LogP) is 0.731. The van der Waals surface area contributed by atoms with Gasteiger partial charge in [0.15, 0.2) is 0 Å². The van der Waals surface area contributed by atoms with E-state index < -0.39 is 8.60 Å². The molecule has 0 saturated carbocycles. The summed E-state index contributed by atoms with van der Waals surface area (Å²) >= 11 is 0. The topological polar surface area (TPSA) is 38.7 Å². The van der Waals surface area contributed by atoms with Crippen LogP contribution in [0.4, 0.5) is 0 Å². The molecule has 0 aliphatic heterocycles. The molecule has 1 N–H and O–H groups in total. The lowest BCUT2D eigenvalue weighted by Crippen LogP contribution is -1.97. The molecule has 3 nitrogen and oxygen atoms in total. The van der Waals surface area contributed by atoms with E-state index in [4.69, 9.17) is 4.89 Å². The van der Waals surface area contributed by atoms with E-state index in [0.717, 1.165) is 0 Å². The Kier molecular flexibility index (Phi) is 4.47. The third-order valence-corrected chi connectivity index (χ3v) is 1.17. The molecule has 0 aliphatic rings. The number of hydrogen-bond donors (Lipinski definition) is 1. The molecule has 0 rings (SSSR count). The second-order valence-electron chi connectivity index (χ2n) is 1.50. The van der Waals surface area contributed by atoms with Crippen LogP contribution in [0.1, 0.15) is 13.8 Å². The zero-order valence-corrected chi connectivity index (χ0v) is 5.76. The van der Waals surface area contributed by atoms with Crippen molar-refractivity contribution in [2.24, 2.45) is 0 Å². The van der Waals surface area contributed by atoms with Crippen LogP contribution in [0.25, 0.3) is 0 Å². The minimum absolute atomic E-state index is 0.0466. The molecule has 0 aromatic heterocycles. The van der Waals surface area contributed by atoms with Crippen molar-refractivity contribution in [1.29, 1.82) is 0 Å². The average Bonchev–Trinajstić information content (AvgIpc) is 1.65. The van der Waals surface area contributed by atoms with E-state index in [-0.39, 0.29) is 6.10 Å². The maximum absolute atomic E-state index is 8.52. The van der Waals surface area contributed by atoms with Crippen LogP contribution < -0.4 is 0 Å². The molecule has 46 valence electrons. The van der Waals surface area contributed by atoms with Crippen LogP contribution in [0.5, 0.6) is 0 Å². The van der Waals surface area contributed by atoms with Crippen molar-refractivity contribution < 1.29 is 13.9 Å². The first-order valence-electron chi connectivity index (χ1n) is 2.19. The summed E-state index contributed by atoms with van der Waals surface area (Å²) in [4.78, 5) is 8.52. The molecule has 0 aromatic rings. The number of rotatable bonds is 3. The highest BCUT2D eigenvalue weighted by Gasteiger charge is 2.03. The smallest absolute Gasteiger partial charge is 0.313 e. The molecule has 0 saturated heterocycles. The minimum Gasteiger partial charge on any atom is -0.387 e. The van der Waals surface area contributed by atoms with Gasteiger partial charge in [-0.05, 0) is 13.8 Å². The molecule has 0 bridgehead atoms. The maximum Gasteiger partial charge on any atom is 0.313 e. The fourth-order valence-corrected chi connectivity index (χ4v) is 0.616. The Balaban J connectivity index is 3.10. The average molecular weight is 134 g/mol. The molecule has 1 unspecified atom stereocenters. The van der Waals surface area contributed by atoms with Crippen molar-refractivity contribution >= 4 is 16.7 Å². The van der Waals surface area contributed by atoms with Gasteiger partial charge in [-0.1, -0.05) is 0 Å². The Bertz CT molecular complexity index is 60.5. The molecule has 5 heteroatoms. The molecule has 0 spiro atoms. The zero-order chi connectivity index (χ0) is 6.57. The standard InChI is InChI=1S/C3H8BO3P/c1-3(2)6-8(5)7-4/h3,5H,1-2H3. The Morgan fingerprint density at radius 3 is 2.25 bits per heavy atom. The third kappa shape index (κ3) is 4.53. The molecule has 2 radical (unpaired) electrons. The van der Waals surface area contributed by atoms with E-state index in [1.165, 1.54) is 0 Å². The quantitative estimate of drug-likeness (QED) is 0.456. The van der Waals surface area contributed by atoms with E-state index >= 15 is 0 Å². The van der Waals surface area contributed by atoms with Crippen molar-refractivity contribution in [3.05, 3.63) is 0 Å². The van der Waals surface area contributed by atoms with Gasteiger partial charge in [0.05, 0.1) is 6.10 Å². The molecule has 1 atom stereocenters. The van der Waals surface area contributed by atoms with Crippen LogP contribution in [0, 0.1) is 0 Å². The Morgan fingerprint density at radius 2 is 2.12 bits per heavy atom. The summed E-state index contributed by atoms with van der Waals surface area (Å²) in [7, 11) is 2.73. The highest BCUT2D eigenvalue weighted by Crippen LogP contribution is 2.32. The monoisotopic (exact) mass is 134 g/mol. The van der Waals surface area contributed by atoms with Crippen molar-refractivity contribution in [1.82, 2.24) is 0 Å². The molecule has 0 aromatic carbocycles. The summed E-state index contributed by atoms with van der Waals surface area (Å²) in [6, 6.07) is 0. The number of hydrogen-bond acceptors (Lipinski definition) is 3. The fraction of sp³-hybridized carbons (Fsp3) is 1.00. The highest BCUT2D eigenvalue weighted by atomic mass is 31.2. The van der Waals surface area contributed by atoms with Crippen LogP contribution in [0.3, 0.4) is 0 Å². The summed E-state index contributed by atoms with van der Waals surface area (Å²) < 4.78 is 8.63. The van der Waals surface area contributed by atoms with Gasteiger partial charge in [0.2, 0.25) is 0 Å². The minimum atomic E-state index is -1.84. The Labute approximate surface area is 51.4 Å². The zero-order valence-electron chi connectivity index (χ0n) is 4.87. The SMILES string of the molecule is [B]OP(O)OC(C)C. The van der Waals surface area contributed by atoms with Crippen LogP contribution in [0.2, 0.25) is 0 Å². The van der Waals surface area contributed by atoms with Gasteiger partial charge in [-0.15, -0.1) is 0 Å². The van der Waals surface area contributed by atoms with Crippen molar-refractivity contribution in [2.75, 3.05) is 0 Å². The Morgan fingerprint density at radius 1 is 1.62 bits per heavy atom. The fourth-order valence-electron chi connectivity index (χ4n) is 0.205. The molecule has 0 amide bonds. The van der Waals surface area contributed by atoms with Gasteiger partial charge in [-0.3, -0.25) is 0 Å². The lowest BCUT2D eigenvalue weighted by atomic mass is 10.5. The summed E-state index contributed by atoms with van der Waals surface area (Å²) in [6.45, 7) is 3.56. The van der Waals surface area contributed by atoms with Gasteiger partial charge < -0.3 is 13.9 Å². The normalized spacial score (nSPS) is 14.5. The first-order valence-corrected chi connectivity index (χ1v) is 3.32. The second kappa shape index (κ2) is 4.27. The lowest BCUT2D eigenvalue weighted by Gasteiger charge is -2.09. The summed E-state index contributed by atoms with van der Waals surface area (Å²) in [5.74, 6) is 0. The van der Waals surface area contributed by atoms with Gasteiger partial charge in [0, 0.05) is 0 Å². The van der Waals surface area contributed by atoms with E-state index in [0.29, 0.717) is 0 Å². The van der Waals surface area contributed by atoms with E-state index in [1.807, 2.05) is 0 Å². The molecular weight excluding hydrogens is 126 g/mol. The highest BCUT2D eigenvalue weighted by molar-refractivity contribution is 7.41. The molecule has 0 fully saturated rings. The first kappa shape index (κ1) is 8.37. The predicted molar refractivity (Wildman–Crippen MR) is 32.2 cm³/mol. The van der Waals surface area contributed by atoms with Gasteiger partial charge in [-0.2, -0.15) is 0 Å². The van der Waals surface area contributed by atoms with E-state index in [2.05, 4.69) is 17.0 Å². The van der Waals surface area contributed by atoms with Crippen LogP contribution in [-0.4, -0.2) is 19.0 Å². The van der Waals surface area contributed by atoms with Gasteiger partial charge in [0.25, 0.3) is 8.05 Å². The van der Waals surface area contributed by atoms with Crippen molar-refractivity contribution in [3.63, 3.8) is 0 Å². The van der Waals surface area contributed by atoms with Crippen molar-refractivity contribution in [3.8, 4) is 0 Å². The first-order chi connectivity index (χ1) is 3.66. The maximum atomic E-state index is 8.52. The van der Waals surface area contributed by atoms with Gasteiger partial charge in [-0.25, -0.2) is 0 Å². The van der Waals surface area contributed by atoms with Crippen molar-refractivity contribution in [2.45, 2.75) is 20.0 Å². The largest absolute Gasteiger partial charge is 0.387 e. The van der Waals surface area contributed by atoms with Crippen LogP contribution in [-0.2, 0) is 8.96 Å². The summed E-state index contributed by atoms with van der Waals surface area (Å²) in [5, 5.41) is 0. The molecule has 0 aliphatic carbocycles. The third-order valence-electron chi connectivity index (χ3n) is 0.391. The summed E-state index contributed by atoms with van der Waals surface area (Å²) in [5.41, 5.74) is 0. The molecule has 8 heavy (non-hydrogen) atoms. The second-order valence-corrected chi connectivity index (χ2v) is 2.39. The Hall–Kier alpha value is 0.375.